The van der Waals surface area contributed by atoms with Gasteiger partial charge in [0.2, 0.25) is 5.76 Å². The monoisotopic (exact) mass is 262 g/mol. The van der Waals surface area contributed by atoms with Crippen LogP contribution in [0.4, 0.5) is 0 Å². The molecule has 0 unspecified atom stereocenters. The molecule has 0 aliphatic carbocycles. The zero-order chi connectivity index (χ0) is 13.8. The molecule has 2 aromatic rings. The van der Waals surface area contributed by atoms with Crippen molar-refractivity contribution in [2.24, 2.45) is 0 Å². The summed E-state index contributed by atoms with van der Waals surface area (Å²) in [5, 5.41) is 9.13. The summed E-state index contributed by atoms with van der Waals surface area (Å²) in [6.45, 7) is 2.55. The molecule has 1 N–H and O–H groups in total. The lowest BCUT2D eigenvalue weighted by atomic mass is 10.2. The summed E-state index contributed by atoms with van der Waals surface area (Å²) < 4.78 is 10.7. The first-order chi connectivity index (χ1) is 9.13. The number of hydrogen-bond acceptors (Lipinski definition) is 4. The van der Waals surface area contributed by atoms with E-state index in [0.717, 1.165) is 18.9 Å². The summed E-state index contributed by atoms with van der Waals surface area (Å²) in [4.78, 5) is 22.8. The third-order valence-electron chi connectivity index (χ3n) is 2.68. The van der Waals surface area contributed by atoms with Gasteiger partial charge in [0, 0.05) is 6.07 Å². The van der Waals surface area contributed by atoms with Crippen molar-refractivity contribution in [2.75, 3.05) is 6.61 Å². The molecular weight excluding hydrogens is 248 g/mol. The molecule has 0 aliphatic rings. The average Bonchev–Trinajstić information content (AvgIpc) is 2.38. The van der Waals surface area contributed by atoms with Crippen LogP contribution in [0.1, 0.15) is 30.3 Å². The fourth-order valence-corrected chi connectivity index (χ4v) is 1.73. The summed E-state index contributed by atoms with van der Waals surface area (Å²) >= 11 is 0. The molecule has 0 aliphatic heterocycles. The van der Waals surface area contributed by atoms with E-state index in [-0.39, 0.29) is 16.7 Å². The molecule has 19 heavy (non-hydrogen) atoms. The van der Waals surface area contributed by atoms with Gasteiger partial charge in [0.25, 0.3) is 0 Å². The largest absolute Gasteiger partial charge is 0.493 e. The Hall–Kier alpha value is -2.30. The van der Waals surface area contributed by atoms with Gasteiger partial charge in [-0.05, 0) is 18.6 Å². The Morgan fingerprint density at radius 1 is 1.42 bits per heavy atom. The maximum Gasteiger partial charge on any atom is 0.371 e. The van der Waals surface area contributed by atoms with E-state index in [2.05, 4.69) is 0 Å². The van der Waals surface area contributed by atoms with E-state index < -0.39 is 11.4 Å². The first kappa shape index (κ1) is 13.1. The van der Waals surface area contributed by atoms with E-state index in [9.17, 15) is 9.59 Å². The van der Waals surface area contributed by atoms with Gasteiger partial charge < -0.3 is 14.3 Å². The van der Waals surface area contributed by atoms with E-state index in [1.54, 1.807) is 18.2 Å². The van der Waals surface area contributed by atoms with Gasteiger partial charge in [-0.15, -0.1) is 0 Å². The van der Waals surface area contributed by atoms with Crippen molar-refractivity contribution in [3.05, 3.63) is 40.2 Å². The third-order valence-corrected chi connectivity index (χ3v) is 2.68. The summed E-state index contributed by atoms with van der Waals surface area (Å²) in [5.74, 6) is -1.21. The van der Waals surface area contributed by atoms with Crippen molar-refractivity contribution >= 4 is 16.9 Å². The van der Waals surface area contributed by atoms with Gasteiger partial charge in [-0.1, -0.05) is 19.4 Å². The molecule has 0 radical (unpaired) electrons. The van der Waals surface area contributed by atoms with Crippen molar-refractivity contribution in [2.45, 2.75) is 19.8 Å². The van der Waals surface area contributed by atoms with Gasteiger partial charge in [0.05, 0.1) is 6.61 Å². The minimum Gasteiger partial charge on any atom is -0.493 e. The number of rotatable bonds is 5. The fraction of sp³-hybridized carbons (Fsp3) is 0.286. The van der Waals surface area contributed by atoms with E-state index >= 15 is 0 Å². The van der Waals surface area contributed by atoms with Crippen molar-refractivity contribution in [3.8, 4) is 5.75 Å². The number of unbranched alkanes of at least 4 members (excludes halogenated alkanes) is 1. The highest BCUT2D eigenvalue weighted by molar-refractivity contribution is 5.89. The van der Waals surface area contributed by atoms with E-state index in [0.29, 0.717) is 12.4 Å². The van der Waals surface area contributed by atoms with Crippen LogP contribution >= 0.6 is 0 Å². The van der Waals surface area contributed by atoms with Crippen LogP contribution in [0, 0.1) is 0 Å². The highest BCUT2D eigenvalue weighted by Gasteiger charge is 2.13. The molecule has 2 rings (SSSR count). The third kappa shape index (κ3) is 2.76. The van der Waals surface area contributed by atoms with Crippen LogP contribution in [0.25, 0.3) is 11.0 Å². The van der Waals surface area contributed by atoms with Gasteiger partial charge >= 0.3 is 5.97 Å². The molecule has 0 fully saturated rings. The molecule has 0 amide bonds. The number of hydrogen-bond donors (Lipinski definition) is 1. The molecule has 0 atom stereocenters. The highest BCUT2D eigenvalue weighted by Crippen LogP contribution is 2.23. The van der Waals surface area contributed by atoms with Crippen LogP contribution in [-0.2, 0) is 0 Å². The number of ether oxygens (including phenoxy) is 1. The van der Waals surface area contributed by atoms with E-state index in [1.165, 1.54) is 0 Å². The standard InChI is InChI=1S/C14H14O5/c1-2-3-7-18-10-5-4-6-11-13(10)9(15)8-12(19-11)14(16)17/h4-6,8H,2-3,7H2,1H3,(H,16,17). The Bertz CT molecular complexity index is 656. The first-order valence-corrected chi connectivity index (χ1v) is 6.06. The number of benzene rings is 1. The SMILES string of the molecule is CCCCOc1cccc2oc(C(=O)O)cc(=O)c12. The number of carbonyl (C=O) groups is 1. The maximum atomic E-state index is 12.0. The van der Waals surface area contributed by atoms with Gasteiger partial charge in [-0.25, -0.2) is 4.79 Å². The lowest BCUT2D eigenvalue weighted by Gasteiger charge is -2.08. The van der Waals surface area contributed by atoms with E-state index in [4.69, 9.17) is 14.3 Å². The van der Waals surface area contributed by atoms with Crippen LogP contribution in [0.15, 0.2) is 33.5 Å². The quantitative estimate of drug-likeness (QED) is 0.838. The van der Waals surface area contributed by atoms with Crippen molar-refractivity contribution in [1.82, 2.24) is 0 Å². The van der Waals surface area contributed by atoms with Crippen molar-refractivity contribution in [1.29, 1.82) is 0 Å². The average molecular weight is 262 g/mol. The lowest BCUT2D eigenvalue weighted by Crippen LogP contribution is -2.08. The van der Waals surface area contributed by atoms with E-state index in [1.807, 2.05) is 6.92 Å². The first-order valence-electron chi connectivity index (χ1n) is 6.06. The van der Waals surface area contributed by atoms with Crippen LogP contribution in [0.3, 0.4) is 0 Å². The summed E-state index contributed by atoms with van der Waals surface area (Å²) in [6, 6.07) is 5.86. The Balaban J connectivity index is 2.50. The second-order valence-electron chi connectivity index (χ2n) is 4.11. The summed E-state index contributed by atoms with van der Waals surface area (Å²) in [6.07, 6.45) is 1.87. The molecule has 1 aromatic carbocycles. The Kier molecular flexibility index (Phi) is 3.85. The van der Waals surface area contributed by atoms with Crippen molar-refractivity contribution in [3.63, 3.8) is 0 Å². The molecule has 0 spiro atoms. The molecule has 1 aromatic heterocycles. The molecule has 5 nitrogen and oxygen atoms in total. The molecule has 0 saturated heterocycles. The van der Waals surface area contributed by atoms with Crippen LogP contribution in [-0.4, -0.2) is 17.7 Å². The minimum absolute atomic E-state index is 0.221. The molecule has 5 heteroatoms. The highest BCUT2D eigenvalue weighted by atomic mass is 16.5. The molecule has 0 saturated carbocycles. The smallest absolute Gasteiger partial charge is 0.371 e. The zero-order valence-corrected chi connectivity index (χ0v) is 10.5. The van der Waals surface area contributed by atoms with Gasteiger partial charge in [-0.3, -0.25) is 4.79 Å². The molecular formula is C14H14O5. The molecule has 100 valence electrons. The number of carboxylic acids is 1. The van der Waals surface area contributed by atoms with Crippen molar-refractivity contribution < 1.29 is 19.1 Å². The number of fused-ring (bicyclic) bond motifs is 1. The maximum absolute atomic E-state index is 12.0. The Labute approximate surface area is 109 Å². The molecule has 0 bridgehead atoms. The van der Waals surface area contributed by atoms with Crippen LogP contribution in [0.5, 0.6) is 5.75 Å². The zero-order valence-electron chi connectivity index (χ0n) is 10.5. The van der Waals surface area contributed by atoms with Gasteiger partial charge in [0.15, 0.2) is 5.43 Å². The van der Waals surface area contributed by atoms with Crippen LogP contribution < -0.4 is 10.2 Å². The normalized spacial score (nSPS) is 10.6. The topological polar surface area (TPSA) is 76.7 Å². The summed E-state index contributed by atoms with van der Waals surface area (Å²) in [7, 11) is 0. The summed E-state index contributed by atoms with van der Waals surface area (Å²) in [5.41, 5.74) is -0.190. The fourth-order valence-electron chi connectivity index (χ4n) is 1.73. The minimum atomic E-state index is -1.27. The van der Waals surface area contributed by atoms with Gasteiger partial charge in [0.1, 0.15) is 16.7 Å². The Morgan fingerprint density at radius 2 is 2.21 bits per heavy atom. The number of carboxylic acid groups (broad SMARTS) is 1. The second kappa shape index (κ2) is 5.56. The van der Waals surface area contributed by atoms with Crippen LogP contribution in [0.2, 0.25) is 0 Å². The predicted octanol–water partition coefficient (Wildman–Crippen LogP) is 2.67. The Morgan fingerprint density at radius 3 is 2.89 bits per heavy atom. The molecule has 1 heterocycles. The lowest BCUT2D eigenvalue weighted by molar-refractivity contribution is 0.0663. The second-order valence-corrected chi connectivity index (χ2v) is 4.11. The van der Waals surface area contributed by atoms with Gasteiger partial charge in [-0.2, -0.15) is 0 Å². The number of aromatic carboxylic acids is 1. The predicted molar refractivity (Wildman–Crippen MR) is 69.8 cm³/mol.